The molecule has 0 fully saturated rings. The molecule has 0 saturated heterocycles. The highest BCUT2D eigenvalue weighted by Crippen LogP contribution is 2.20. The zero-order chi connectivity index (χ0) is 14.8. The van der Waals surface area contributed by atoms with Crippen LogP contribution < -0.4 is 5.56 Å². The number of carbonyl (C=O) groups is 1. The van der Waals surface area contributed by atoms with Crippen molar-refractivity contribution in [1.82, 2.24) is 14.7 Å². The number of pyridine rings is 1. The van der Waals surface area contributed by atoms with E-state index in [1.807, 2.05) is 6.92 Å². The number of carbonyl (C=O) groups excluding carboxylic acids is 1. The Bertz CT molecular complexity index is 730. The van der Waals surface area contributed by atoms with E-state index in [0.717, 1.165) is 31.4 Å². The fourth-order valence-corrected chi connectivity index (χ4v) is 2.68. The van der Waals surface area contributed by atoms with Crippen LogP contribution in [0.1, 0.15) is 54.0 Å². The molecule has 6 heteroatoms. The zero-order valence-electron chi connectivity index (χ0n) is 12.0. The van der Waals surface area contributed by atoms with Gasteiger partial charge in [0.1, 0.15) is 0 Å². The van der Waals surface area contributed by atoms with Gasteiger partial charge < -0.3 is 9.09 Å². The predicted octanol–water partition coefficient (Wildman–Crippen LogP) is 1.75. The second-order valence-electron chi connectivity index (χ2n) is 5.25. The van der Waals surface area contributed by atoms with Crippen LogP contribution in [-0.4, -0.2) is 20.5 Å². The summed E-state index contributed by atoms with van der Waals surface area (Å²) in [5.41, 5.74) is 1.31. The van der Waals surface area contributed by atoms with Gasteiger partial charge in [-0.05, 0) is 25.3 Å². The number of rotatable bonds is 4. The average molecular weight is 287 g/mol. The van der Waals surface area contributed by atoms with Gasteiger partial charge >= 0.3 is 0 Å². The summed E-state index contributed by atoms with van der Waals surface area (Å²) in [7, 11) is 0. The number of aromatic nitrogens is 3. The Morgan fingerprint density at radius 3 is 2.95 bits per heavy atom. The molecule has 0 atom stereocenters. The van der Waals surface area contributed by atoms with Crippen LogP contribution in [0.2, 0.25) is 0 Å². The van der Waals surface area contributed by atoms with Crippen molar-refractivity contribution in [3.05, 3.63) is 45.5 Å². The summed E-state index contributed by atoms with van der Waals surface area (Å²) in [6.45, 7) is 2.29. The fourth-order valence-electron chi connectivity index (χ4n) is 2.68. The Hall–Kier alpha value is -2.24. The number of hydrogen-bond acceptors (Lipinski definition) is 5. The van der Waals surface area contributed by atoms with Gasteiger partial charge in [-0.1, -0.05) is 12.1 Å². The van der Waals surface area contributed by atoms with Gasteiger partial charge in [-0.15, -0.1) is 0 Å². The van der Waals surface area contributed by atoms with Gasteiger partial charge in [-0.3, -0.25) is 9.59 Å². The van der Waals surface area contributed by atoms with Crippen molar-refractivity contribution in [3.8, 4) is 0 Å². The number of Topliss-reactive ketones (excluding diaryl/α,β-unsaturated/α-hetero) is 1. The Morgan fingerprint density at radius 2 is 2.14 bits per heavy atom. The summed E-state index contributed by atoms with van der Waals surface area (Å²) in [6, 6.07) is 3.07. The second kappa shape index (κ2) is 5.63. The van der Waals surface area contributed by atoms with E-state index in [-0.39, 0.29) is 17.9 Å². The minimum Gasteiger partial charge on any atom is -0.339 e. The van der Waals surface area contributed by atoms with E-state index in [2.05, 4.69) is 10.1 Å². The SMILES string of the molecule is CCCc1nc(Cn2c3c(ccc2=O)C(=O)CCC3)no1. The summed E-state index contributed by atoms with van der Waals surface area (Å²) in [5.74, 6) is 1.16. The molecule has 0 spiro atoms. The van der Waals surface area contributed by atoms with Gasteiger partial charge in [0.25, 0.3) is 5.56 Å². The maximum atomic E-state index is 12.1. The maximum absolute atomic E-state index is 12.1. The first-order chi connectivity index (χ1) is 10.2. The summed E-state index contributed by atoms with van der Waals surface area (Å²) < 4.78 is 6.73. The molecule has 110 valence electrons. The maximum Gasteiger partial charge on any atom is 0.251 e. The largest absolute Gasteiger partial charge is 0.339 e. The van der Waals surface area contributed by atoms with Crippen molar-refractivity contribution in [3.63, 3.8) is 0 Å². The third-order valence-electron chi connectivity index (χ3n) is 3.69. The van der Waals surface area contributed by atoms with Crippen LogP contribution in [0.15, 0.2) is 21.5 Å². The van der Waals surface area contributed by atoms with E-state index in [0.29, 0.717) is 23.7 Å². The molecule has 0 bridgehead atoms. The molecule has 2 heterocycles. The lowest BCUT2D eigenvalue weighted by Gasteiger charge is -2.18. The highest BCUT2D eigenvalue weighted by Gasteiger charge is 2.21. The molecule has 0 aliphatic heterocycles. The Morgan fingerprint density at radius 1 is 1.29 bits per heavy atom. The number of ketones is 1. The van der Waals surface area contributed by atoms with Crippen LogP contribution >= 0.6 is 0 Å². The van der Waals surface area contributed by atoms with E-state index >= 15 is 0 Å². The normalized spacial score (nSPS) is 14.2. The molecule has 3 rings (SSSR count). The van der Waals surface area contributed by atoms with Crippen LogP contribution in [0, 0.1) is 0 Å². The summed E-state index contributed by atoms with van der Waals surface area (Å²) in [5, 5.41) is 3.91. The first-order valence-electron chi connectivity index (χ1n) is 7.26. The lowest BCUT2D eigenvalue weighted by molar-refractivity contribution is 0.0970. The molecule has 1 aliphatic carbocycles. The van der Waals surface area contributed by atoms with Gasteiger partial charge in [-0.2, -0.15) is 4.98 Å². The monoisotopic (exact) mass is 287 g/mol. The molecule has 6 nitrogen and oxygen atoms in total. The Kier molecular flexibility index (Phi) is 3.68. The molecule has 0 unspecified atom stereocenters. The van der Waals surface area contributed by atoms with Crippen LogP contribution in [0.5, 0.6) is 0 Å². The molecule has 21 heavy (non-hydrogen) atoms. The standard InChI is InChI=1S/C15H17N3O3/c1-2-4-14-16-13(17-21-14)9-18-11-5-3-6-12(19)10(11)7-8-15(18)20/h7-8H,2-6,9H2,1H3. The number of nitrogens with zero attached hydrogens (tertiary/aromatic N) is 3. The molecular formula is C15H17N3O3. The second-order valence-corrected chi connectivity index (χ2v) is 5.25. The van der Waals surface area contributed by atoms with Crippen LogP contribution in [0.3, 0.4) is 0 Å². The quantitative estimate of drug-likeness (QED) is 0.856. The van der Waals surface area contributed by atoms with Crippen molar-refractivity contribution in [2.75, 3.05) is 0 Å². The van der Waals surface area contributed by atoms with Crippen molar-refractivity contribution >= 4 is 5.78 Å². The van der Waals surface area contributed by atoms with E-state index in [9.17, 15) is 9.59 Å². The van der Waals surface area contributed by atoms with E-state index in [1.165, 1.54) is 6.07 Å². The smallest absolute Gasteiger partial charge is 0.251 e. The van der Waals surface area contributed by atoms with Crippen molar-refractivity contribution in [1.29, 1.82) is 0 Å². The lowest BCUT2D eigenvalue weighted by Crippen LogP contribution is -2.28. The van der Waals surface area contributed by atoms with E-state index < -0.39 is 0 Å². The minimum atomic E-state index is -0.134. The molecule has 1 aliphatic rings. The van der Waals surface area contributed by atoms with Crippen molar-refractivity contribution in [2.45, 2.75) is 45.6 Å². The molecule has 2 aromatic heterocycles. The lowest BCUT2D eigenvalue weighted by atomic mass is 9.94. The number of fused-ring (bicyclic) bond motifs is 1. The van der Waals surface area contributed by atoms with Crippen LogP contribution in [0.25, 0.3) is 0 Å². The average Bonchev–Trinajstić information content (AvgIpc) is 2.90. The Labute approximate surface area is 121 Å². The van der Waals surface area contributed by atoms with Gasteiger partial charge in [0.2, 0.25) is 5.89 Å². The predicted molar refractivity (Wildman–Crippen MR) is 75.4 cm³/mol. The molecule has 2 aromatic rings. The molecule has 0 aromatic carbocycles. The van der Waals surface area contributed by atoms with Crippen molar-refractivity contribution in [2.24, 2.45) is 0 Å². The molecule has 0 N–H and O–H groups in total. The molecule has 0 saturated carbocycles. The topological polar surface area (TPSA) is 78.0 Å². The fraction of sp³-hybridized carbons (Fsp3) is 0.467. The van der Waals surface area contributed by atoms with Gasteiger partial charge in [0.15, 0.2) is 11.6 Å². The van der Waals surface area contributed by atoms with E-state index in [4.69, 9.17) is 4.52 Å². The van der Waals surface area contributed by atoms with E-state index in [1.54, 1.807) is 10.6 Å². The minimum absolute atomic E-state index is 0.102. The molecule has 0 amide bonds. The highest BCUT2D eigenvalue weighted by molar-refractivity contribution is 5.97. The van der Waals surface area contributed by atoms with Gasteiger partial charge in [0.05, 0.1) is 6.54 Å². The first-order valence-corrected chi connectivity index (χ1v) is 7.26. The van der Waals surface area contributed by atoms with Crippen molar-refractivity contribution < 1.29 is 9.32 Å². The van der Waals surface area contributed by atoms with Crippen LogP contribution in [-0.2, 0) is 19.4 Å². The highest BCUT2D eigenvalue weighted by atomic mass is 16.5. The summed E-state index contributed by atoms with van der Waals surface area (Å²) >= 11 is 0. The number of hydrogen-bond donors (Lipinski definition) is 0. The summed E-state index contributed by atoms with van der Waals surface area (Å²) in [4.78, 5) is 28.3. The third kappa shape index (κ3) is 2.66. The third-order valence-corrected chi connectivity index (χ3v) is 3.69. The van der Waals surface area contributed by atoms with Gasteiger partial charge in [0, 0.05) is 30.2 Å². The summed E-state index contributed by atoms with van der Waals surface area (Å²) in [6.07, 6.45) is 3.72. The zero-order valence-corrected chi connectivity index (χ0v) is 12.0. The molecular weight excluding hydrogens is 270 g/mol. The number of aryl methyl sites for hydroxylation is 1. The van der Waals surface area contributed by atoms with Gasteiger partial charge in [-0.25, -0.2) is 0 Å². The van der Waals surface area contributed by atoms with Crippen LogP contribution in [0.4, 0.5) is 0 Å². The Balaban J connectivity index is 1.96. The molecule has 0 radical (unpaired) electrons. The first kappa shape index (κ1) is 13.7.